The number of rotatable bonds is 2. The topological polar surface area (TPSA) is 29.3 Å². The predicted molar refractivity (Wildman–Crippen MR) is 59.3 cm³/mol. The molecule has 1 aromatic carbocycles. The molecular formula is C12H14F4N2. The second-order valence-electron chi connectivity index (χ2n) is 4.58. The van der Waals surface area contributed by atoms with Crippen LogP contribution < -0.4 is 5.73 Å². The molecule has 6 heteroatoms. The van der Waals surface area contributed by atoms with Crippen molar-refractivity contribution in [1.29, 1.82) is 0 Å². The molecule has 0 aromatic heterocycles. The average Bonchev–Trinajstić information content (AvgIpc) is 2.65. The fourth-order valence-electron chi connectivity index (χ4n) is 2.20. The van der Waals surface area contributed by atoms with Gasteiger partial charge in [-0.25, -0.2) is 4.39 Å². The van der Waals surface area contributed by atoms with E-state index >= 15 is 0 Å². The van der Waals surface area contributed by atoms with Gasteiger partial charge in [0.15, 0.2) is 0 Å². The maximum Gasteiger partial charge on any atom is 0.416 e. The molecule has 1 aliphatic heterocycles. The molecule has 1 unspecified atom stereocenters. The quantitative estimate of drug-likeness (QED) is 0.829. The second-order valence-corrected chi connectivity index (χ2v) is 4.58. The summed E-state index contributed by atoms with van der Waals surface area (Å²) in [6, 6.07) is 2.81. The first-order chi connectivity index (χ1) is 8.36. The van der Waals surface area contributed by atoms with Gasteiger partial charge in [-0.05, 0) is 24.1 Å². The zero-order valence-corrected chi connectivity index (χ0v) is 9.67. The molecule has 0 radical (unpaired) electrons. The van der Waals surface area contributed by atoms with Crippen molar-refractivity contribution >= 4 is 0 Å². The molecule has 1 fully saturated rings. The molecule has 1 saturated heterocycles. The molecule has 0 amide bonds. The number of halogens is 4. The molecule has 0 spiro atoms. The number of alkyl halides is 3. The normalized spacial score (nSPS) is 21.5. The van der Waals surface area contributed by atoms with E-state index in [-0.39, 0.29) is 18.2 Å². The minimum absolute atomic E-state index is 0.0137. The number of hydrogen-bond acceptors (Lipinski definition) is 2. The van der Waals surface area contributed by atoms with Gasteiger partial charge in [0.1, 0.15) is 5.82 Å². The zero-order valence-electron chi connectivity index (χ0n) is 9.67. The van der Waals surface area contributed by atoms with Gasteiger partial charge in [0.2, 0.25) is 0 Å². The van der Waals surface area contributed by atoms with Gasteiger partial charge in [-0.3, -0.25) is 4.90 Å². The summed E-state index contributed by atoms with van der Waals surface area (Å²) in [5.74, 6) is -0.871. The summed E-state index contributed by atoms with van der Waals surface area (Å²) in [5.41, 5.74) is 4.90. The van der Waals surface area contributed by atoms with Crippen molar-refractivity contribution in [2.75, 3.05) is 13.1 Å². The van der Waals surface area contributed by atoms with Gasteiger partial charge < -0.3 is 5.73 Å². The molecule has 0 saturated carbocycles. The Morgan fingerprint density at radius 1 is 1.33 bits per heavy atom. The van der Waals surface area contributed by atoms with E-state index in [1.165, 1.54) is 6.07 Å². The van der Waals surface area contributed by atoms with Crippen LogP contribution in [0.4, 0.5) is 17.6 Å². The molecular weight excluding hydrogens is 248 g/mol. The number of nitrogens with zero attached hydrogens (tertiary/aromatic N) is 1. The summed E-state index contributed by atoms with van der Waals surface area (Å²) in [6.07, 6.45) is -3.75. The lowest BCUT2D eigenvalue weighted by molar-refractivity contribution is -0.138. The minimum atomic E-state index is -4.53. The Hall–Kier alpha value is -1.14. The Balaban J connectivity index is 2.22. The van der Waals surface area contributed by atoms with Crippen LogP contribution in [0, 0.1) is 5.82 Å². The van der Waals surface area contributed by atoms with Gasteiger partial charge in [-0.15, -0.1) is 0 Å². The SMILES string of the molecule is NC1CCN(Cc2ccc(F)cc2C(F)(F)F)C1. The van der Waals surface area contributed by atoms with Gasteiger partial charge in [0.05, 0.1) is 5.56 Å². The highest BCUT2D eigenvalue weighted by Gasteiger charge is 2.34. The van der Waals surface area contributed by atoms with Crippen molar-refractivity contribution < 1.29 is 17.6 Å². The summed E-state index contributed by atoms with van der Waals surface area (Å²) >= 11 is 0. The highest BCUT2D eigenvalue weighted by atomic mass is 19.4. The molecule has 1 aliphatic rings. The van der Waals surface area contributed by atoms with E-state index in [9.17, 15) is 17.6 Å². The van der Waals surface area contributed by atoms with E-state index in [0.717, 1.165) is 12.5 Å². The molecule has 18 heavy (non-hydrogen) atoms. The van der Waals surface area contributed by atoms with Gasteiger partial charge >= 0.3 is 6.18 Å². The van der Waals surface area contributed by atoms with Crippen molar-refractivity contribution in [2.45, 2.75) is 25.2 Å². The van der Waals surface area contributed by atoms with Crippen LogP contribution in [0.15, 0.2) is 18.2 Å². The Kier molecular flexibility index (Phi) is 3.59. The standard InChI is InChI=1S/C12H14F4N2/c13-9-2-1-8(11(5-9)12(14,15)16)6-18-4-3-10(17)7-18/h1-2,5,10H,3-4,6-7,17H2. The predicted octanol–water partition coefficient (Wildman–Crippen LogP) is 2.38. The maximum absolute atomic E-state index is 12.9. The Labute approximate surface area is 102 Å². The maximum atomic E-state index is 12.9. The summed E-state index contributed by atoms with van der Waals surface area (Å²) in [6.45, 7) is 1.41. The van der Waals surface area contributed by atoms with Crippen molar-refractivity contribution in [3.8, 4) is 0 Å². The lowest BCUT2D eigenvalue weighted by Gasteiger charge is -2.19. The van der Waals surface area contributed by atoms with Crippen LogP contribution in [0.1, 0.15) is 17.5 Å². The third-order valence-corrected chi connectivity index (χ3v) is 3.08. The Morgan fingerprint density at radius 2 is 2.06 bits per heavy atom. The highest BCUT2D eigenvalue weighted by molar-refractivity contribution is 5.30. The van der Waals surface area contributed by atoms with Gasteiger partial charge in [0, 0.05) is 25.7 Å². The van der Waals surface area contributed by atoms with Crippen LogP contribution >= 0.6 is 0 Å². The van der Waals surface area contributed by atoms with Gasteiger partial charge in [-0.1, -0.05) is 6.07 Å². The molecule has 1 atom stereocenters. The van der Waals surface area contributed by atoms with E-state index in [2.05, 4.69) is 0 Å². The lowest BCUT2D eigenvalue weighted by atomic mass is 10.1. The number of nitrogens with two attached hydrogens (primary N) is 1. The first kappa shape index (κ1) is 13.3. The van der Waals surface area contributed by atoms with Crippen molar-refractivity contribution in [3.63, 3.8) is 0 Å². The smallest absolute Gasteiger partial charge is 0.326 e. The molecule has 2 N–H and O–H groups in total. The molecule has 0 bridgehead atoms. The Bertz CT molecular complexity index is 431. The van der Waals surface area contributed by atoms with E-state index in [0.29, 0.717) is 19.2 Å². The van der Waals surface area contributed by atoms with Crippen LogP contribution in [-0.4, -0.2) is 24.0 Å². The zero-order chi connectivity index (χ0) is 13.3. The third kappa shape index (κ3) is 3.00. The van der Waals surface area contributed by atoms with E-state index in [1.54, 1.807) is 0 Å². The largest absolute Gasteiger partial charge is 0.416 e. The van der Waals surface area contributed by atoms with Crippen molar-refractivity contribution in [1.82, 2.24) is 4.90 Å². The Morgan fingerprint density at radius 3 is 2.61 bits per heavy atom. The molecule has 0 aliphatic carbocycles. The number of hydrogen-bond donors (Lipinski definition) is 1. The second kappa shape index (κ2) is 4.85. The summed E-state index contributed by atoms with van der Waals surface area (Å²) < 4.78 is 51.2. The van der Waals surface area contributed by atoms with Crippen LogP contribution in [0.2, 0.25) is 0 Å². The fourth-order valence-corrected chi connectivity index (χ4v) is 2.20. The van der Waals surface area contributed by atoms with E-state index in [1.807, 2.05) is 4.90 Å². The molecule has 2 rings (SSSR count). The van der Waals surface area contributed by atoms with Crippen LogP contribution in [0.25, 0.3) is 0 Å². The van der Waals surface area contributed by atoms with Gasteiger partial charge in [0.25, 0.3) is 0 Å². The summed E-state index contributed by atoms with van der Waals surface area (Å²) in [5, 5.41) is 0. The van der Waals surface area contributed by atoms with E-state index in [4.69, 9.17) is 5.73 Å². The summed E-state index contributed by atoms with van der Waals surface area (Å²) in [7, 11) is 0. The van der Waals surface area contributed by atoms with Gasteiger partial charge in [-0.2, -0.15) is 13.2 Å². The monoisotopic (exact) mass is 262 g/mol. The highest BCUT2D eigenvalue weighted by Crippen LogP contribution is 2.33. The fraction of sp³-hybridized carbons (Fsp3) is 0.500. The minimum Gasteiger partial charge on any atom is -0.326 e. The van der Waals surface area contributed by atoms with Crippen LogP contribution in [-0.2, 0) is 12.7 Å². The lowest BCUT2D eigenvalue weighted by Crippen LogP contribution is -2.27. The van der Waals surface area contributed by atoms with Crippen molar-refractivity contribution in [3.05, 3.63) is 35.1 Å². The number of likely N-dealkylation sites (tertiary alicyclic amines) is 1. The molecule has 2 nitrogen and oxygen atoms in total. The first-order valence-corrected chi connectivity index (χ1v) is 5.70. The van der Waals surface area contributed by atoms with Crippen molar-refractivity contribution in [2.24, 2.45) is 5.73 Å². The van der Waals surface area contributed by atoms with Crippen LogP contribution in [0.3, 0.4) is 0 Å². The number of benzene rings is 1. The molecule has 1 heterocycles. The summed E-state index contributed by atoms with van der Waals surface area (Å²) in [4.78, 5) is 1.85. The first-order valence-electron chi connectivity index (χ1n) is 5.70. The van der Waals surface area contributed by atoms with E-state index < -0.39 is 17.6 Å². The third-order valence-electron chi connectivity index (χ3n) is 3.08. The van der Waals surface area contributed by atoms with Crippen LogP contribution in [0.5, 0.6) is 0 Å². The molecule has 100 valence electrons. The average molecular weight is 262 g/mol. The molecule has 1 aromatic rings.